The first-order valence-corrected chi connectivity index (χ1v) is 7.16. The minimum atomic E-state index is -1.45. The average molecular weight is 321 g/mol. The Kier molecular flexibility index (Phi) is 5.65. The van der Waals surface area contributed by atoms with E-state index in [2.05, 4.69) is 5.32 Å². The maximum Gasteiger partial charge on any atom is 0.251 e. The molecular formula is C17H17F2NO3. The fourth-order valence-corrected chi connectivity index (χ4v) is 2.08. The van der Waals surface area contributed by atoms with Gasteiger partial charge in [-0.2, -0.15) is 0 Å². The zero-order valence-corrected chi connectivity index (χ0v) is 12.6. The van der Waals surface area contributed by atoms with Gasteiger partial charge in [-0.3, -0.25) is 4.79 Å². The van der Waals surface area contributed by atoms with Gasteiger partial charge in [0.2, 0.25) is 0 Å². The predicted octanol–water partition coefficient (Wildman–Crippen LogP) is 2.83. The standard InChI is InChI=1S/C17H17F2NO3/c1-2-20-17(22)11-5-3-6-12(9-11)23-10-15(21)16-13(18)7-4-8-14(16)19/h3-9,15,21H,2,10H2,1H3,(H,20,22). The summed E-state index contributed by atoms with van der Waals surface area (Å²) in [7, 11) is 0. The van der Waals surface area contributed by atoms with E-state index in [1.165, 1.54) is 12.1 Å². The van der Waals surface area contributed by atoms with Crippen molar-refractivity contribution in [3.05, 3.63) is 65.2 Å². The molecule has 2 N–H and O–H groups in total. The number of aliphatic hydroxyl groups is 1. The van der Waals surface area contributed by atoms with Crippen LogP contribution in [0, 0.1) is 11.6 Å². The molecule has 0 heterocycles. The molecule has 0 radical (unpaired) electrons. The van der Waals surface area contributed by atoms with E-state index >= 15 is 0 Å². The zero-order chi connectivity index (χ0) is 16.8. The summed E-state index contributed by atoms with van der Waals surface area (Å²) >= 11 is 0. The second-order valence-corrected chi connectivity index (χ2v) is 4.85. The highest BCUT2D eigenvalue weighted by molar-refractivity contribution is 5.94. The molecule has 1 atom stereocenters. The van der Waals surface area contributed by atoms with E-state index in [9.17, 15) is 18.7 Å². The molecule has 2 aromatic rings. The second-order valence-electron chi connectivity index (χ2n) is 4.85. The fraction of sp³-hybridized carbons (Fsp3) is 0.235. The first-order valence-electron chi connectivity index (χ1n) is 7.16. The number of benzene rings is 2. The van der Waals surface area contributed by atoms with Gasteiger partial charge in [0.1, 0.15) is 30.1 Å². The molecule has 1 amide bonds. The van der Waals surface area contributed by atoms with Gasteiger partial charge in [0.25, 0.3) is 5.91 Å². The first kappa shape index (κ1) is 16.9. The van der Waals surface area contributed by atoms with E-state index in [4.69, 9.17) is 4.74 Å². The Labute approximate surface area is 132 Å². The molecule has 122 valence electrons. The highest BCUT2D eigenvalue weighted by Crippen LogP contribution is 2.22. The lowest BCUT2D eigenvalue weighted by Crippen LogP contribution is -2.22. The van der Waals surface area contributed by atoms with Crippen LogP contribution in [0.25, 0.3) is 0 Å². The maximum absolute atomic E-state index is 13.6. The normalized spacial score (nSPS) is 11.8. The lowest BCUT2D eigenvalue weighted by atomic mass is 10.1. The fourth-order valence-electron chi connectivity index (χ4n) is 2.08. The highest BCUT2D eigenvalue weighted by Gasteiger charge is 2.18. The minimum Gasteiger partial charge on any atom is -0.491 e. The van der Waals surface area contributed by atoms with E-state index in [1.807, 2.05) is 0 Å². The molecule has 2 aromatic carbocycles. The van der Waals surface area contributed by atoms with Gasteiger partial charge < -0.3 is 15.2 Å². The number of aliphatic hydroxyl groups excluding tert-OH is 1. The van der Waals surface area contributed by atoms with Crippen LogP contribution in [0.15, 0.2) is 42.5 Å². The predicted molar refractivity (Wildman–Crippen MR) is 81.3 cm³/mol. The van der Waals surface area contributed by atoms with Crippen LogP contribution in [0.2, 0.25) is 0 Å². The number of hydrogen-bond acceptors (Lipinski definition) is 3. The van der Waals surface area contributed by atoms with Crippen molar-refractivity contribution in [3.8, 4) is 5.75 Å². The van der Waals surface area contributed by atoms with Crippen molar-refractivity contribution in [1.82, 2.24) is 5.32 Å². The van der Waals surface area contributed by atoms with E-state index in [-0.39, 0.29) is 12.5 Å². The van der Waals surface area contributed by atoms with Crippen molar-refractivity contribution in [1.29, 1.82) is 0 Å². The molecule has 0 bridgehead atoms. The number of halogens is 2. The van der Waals surface area contributed by atoms with Crippen molar-refractivity contribution >= 4 is 5.91 Å². The summed E-state index contributed by atoms with van der Waals surface area (Å²) < 4.78 is 32.5. The van der Waals surface area contributed by atoms with Crippen LogP contribution in [0.1, 0.15) is 28.9 Å². The summed E-state index contributed by atoms with van der Waals surface area (Å²) in [6.07, 6.45) is -1.45. The summed E-state index contributed by atoms with van der Waals surface area (Å²) in [5.41, 5.74) is -0.0386. The molecule has 1 unspecified atom stereocenters. The van der Waals surface area contributed by atoms with Gasteiger partial charge in [0.05, 0.1) is 5.56 Å². The molecule has 0 aliphatic rings. The third-order valence-corrected chi connectivity index (χ3v) is 3.17. The molecule has 0 fully saturated rings. The van der Waals surface area contributed by atoms with E-state index < -0.39 is 23.3 Å². The van der Waals surface area contributed by atoms with Gasteiger partial charge in [-0.1, -0.05) is 12.1 Å². The van der Waals surface area contributed by atoms with Gasteiger partial charge in [0, 0.05) is 12.1 Å². The molecular weight excluding hydrogens is 304 g/mol. The lowest BCUT2D eigenvalue weighted by molar-refractivity contribution is 0.0952. The second kappa shape index (κ2) is 7.69. The largest absolute Gasteiger partial charge is 0.491 e. The van der Waals surface area contributed by atoms with Gasteiger partial charge in [0.15, 0.2) is 0 Å². The third kappa shape index (κ3) is 4.26. The Balaban J connectivity index is 2.06. The Hall–Kier alpha value is -2.47. The SMILES string of the molecule is CCNC(=O)c1cccc(OCC(O)c2c(F)cccc2F)c1. The van der Waals surface area contributed by atoms with Crippen LogP contribution in [0.3, 0.4) is 0 Å². The van der Waals surface area contributed by atoms with Gasteiger partial charge in [-0.25, -0.2) is 8.78 Å². The Bertz CT molecular complexity index is 671. The summed E-state index contributed by atoms with van der Waals surface area (Å²) in [6.45, 7) is 1.96. The molecule has 2 rings (SSSR count). The summed E-state index contributed by atoms with van der Waals surface area (Å²) in [6, 6.07) is 9.68. The monoisotopic (exact) mass is 321 g/mol. The van der Waals surface area contributed by atoms with Crippen molar-refractivity contribution in [3.63, 3.8) is 0 Å². The minimum absolute atomic E-state index is 0.251. The molecule has 0 aliphatic carbocycles. The summed E-state index contributed by atoms with van der Waals surface area (Å²) in [4.78, 5) is 11.7. The number of ether oxygens (including phenoxy) is 1. The number of carbonyl (C=O) groups excluding carboxylic acids is 1. The van der Waals surface area contributed by atoms with Gasteiger partial charge in [-0.15, -0.1) is 0 Å². The molecule has 0 aromatic heterocycles. The Morgan fingerprint density at radius 3 is 2.52 bits per heavy atom. The molecule has 0 saturated carbocycles. The van der Waals surface area contributed by atoms with Crippen LogP contribution in [0.4, 0.5) is 8.78 Å². The number of amides is 1. The average Bonchev–Trinajstić information content (AvgIpc) is 2.53. The quantitative estimate of drug-likeness (QED) is 0.860. The van der Waals surface area contributed by atoms with Crippen LogP contribution < -0.4 is 10.1 Å². The topological polar surface area (TPSA) is 58.6 Å². The molecule has 0 aliphatic heterocycles. The van der Waals surface area contributed by atoms with E-state index in [0.717, 1.165) is 12.1 Å². The van der Waals surface area contributed by atoms with E-state index in [1.54, 1.807) is 25.1 Å². The number of nitrogens with one attached hydrogen (secondary N) is 1. The highest BCUT2D eigenvalue weighted by atomic mass is 19.1. The van der Waals surface area contributed by atoms with Crippen LogP contribution in [0.5, 0.6) is 5.75 Å². The van der Waals surface area contributed by atoms with Crippen molar-refractivity contribution < 1.29 is 23.4 Å². The van der Waals surface area contributed by atoms with Gasteiger partial charge >= 0.3 is 0 Å². The first-order chi connectivity index (χ1) is 11.0. The molecule has 4 nitrogen and oxygen atoms in total. The van der Waals surface area contributed by atoms with Crippen molar-refractivity contribution in [2.75, 3.05) is 13.2 Å². The molecule has 23 heavy (non-hydrogen) atoms. The summed E-state index contributed by atoms with van der Waals surface area (Å²) in [5.74, 6) is -1.60. The Morgan fingerprint density at radius 1 is 1.22 bits per heavy atom. The van der Waals surface area contributed by atoms with Crippen LogP contribution >= 0.6 is 0 Å². The van der Waals surface area contributed by atoms with Gasteiger partial charge in [-0.05, 0) is 37.3 Å². The lowest BCUT2D eigenvalue weighted by Gasteiger charge is -2.14. The zero-order valence-electron chi connectivity index (χ0n) is 12.6. The smallest absolute Gasteiger partial charge is 0.251 e. The molecule has 0 saturated heterocycles. The Morgan fingerprint density at radius 2 is 1.87 bits per heavy atom. The number of hydrogen-bond donors (Lipinski definition) is 2. The maximum atomic E-state index is 13.6. The van der Waals surface area contributed by atoms with Crippen molar-refractivity contribution in [2.45, 2.75) is 13.0 Å². The van der Waals surface area contributed by atoms with Crippen LogP contribution in [-0.2, 0) is 0 Å². The number of rotatable bonds is 6. The van der Waals surface area contributed by atoms with Crippen LogP contribution in [-0.4, -0.2) is 24.2 Å². The van der Waals surface area contributed by atoms with E-state index in [0.29, 0.717) is 17.9 Å². The number of carbonyl (C=O) groups is 1. The van der Waals surface area contributed by atoms with Crippen molar-refractivity contribution in [2.24, 2.45) is 0 Å². The molecule has 6 heteroatoms. The third-order valence-electron chi connectivity index (χ3n) is 3.17. The molecule has 0 spiro atoms. The summed E-state index contributed by atoms with van der Waals surface area (Å²) in [5, 5.41) is 12.6.